The molecule has 1 amide bonds. The lowest BCUT2D eigenvalue weighted by atomic mass is 9.90. The number of nitrogens with two attached hydrogens (primary N) is 1. The fourth-order valence-corrected chi connectivity index (χ4v) is 4.34. The predicted octanol–water partition coefficient (Wildman–Crippen LogP) is 3.37. The molecular weight excluding hydrogens is 428 g/mol. The highest BCUT2D eigenvalue weighted by molar-refractivity contribution is 6.06. The first kappa shape index (κ1) is 21.5. The summed E-state index contributed by atoms with van der Waals surface area (Å²) >= 11 is 0. The number of likely N-dealkylation sites (N-methyl/N-ethyl adjacent to an activating group) is 1. The average Bonchev–Trinajstić information content (AvgIpc) is 2.83. The minimum absolute atomic E-state index is 0.315. The van der Waals surface area contributed by atoms with E-state index in [9.17, 15) is 9.59 Å². The summed E-state index contributed by atoms with van der Waals surface area (Å²) < 4.78 is 0. The SMILES string of the molecule is CN1CC(c2ccc(Nc3ccc(C(N)=O)c(-c4ccccc4)c3-c3ccc(=O)[nH]n3)nc2)C1. The largest absolute Gasteiger partial charge is 0.366 e. The third-order valence-corrected chi connectivity index (χ3v) is 6.05. The van der Waals surface area contributed by atoms with Gasteiger partial charge in [-0.1, -0.05) is 36.4 Å². The molecular formula is C26H24N6O2. The van der Waals surface area contributed by atoms with Crippen LogP contribution in [-0.2, 0) is 0 Å². The molecule has 8 nitrogen and oxygen atoms in total. The Hall–Kier alpha value is -4.30. The highest BCUT2D eigenvalue weighted by atomic mass is 16.1. The average molecular weight is 453 g/mol. The van der Waals surface area contributed by atoms with Crippen LogP contribution in [0.4, 0.5) is 11.5 Å². The number of aromatic amines is 1. The van der Waals surface area contributed by atoms with Crippen molar-refractivity contribution in [3.63, 3.8) is 0 Å². The van der Waals surface area contributed by atoms with Crippen LogP contribution in [0.15, 0.2) is 77.7 Å². The Morgan fingerprint density at radius 3 is 2.44 bits per heavy atom. The highest BCUT2D eigenvalue weighted by Gasteiger charge is 2.25. The molecule has 8 heteroatoms. The third kappa shape index (κ3) is 4.18. The lowest BCUT2D eigenvalue weighted by molar-refractivity contribution is 0.100. The van der Waals surface area contributed by atoms with Gasteiger partial charge in [0.15, 0.2) is 0 Å². The molecule has 1 aliphatic heterocycles. The fraction of sp³-hybridized carbons (Fsp3) is 0.154. The fourth-order valence-electron chi connectivity index (χ4n) is 4.34. The quantitative estimate of drug-likeness (QED) is 0.413. The van der Waals surface area contributed by atoms with Crippen molar-refractivity contribution >= 4 is 17.4 Å². The van der Waals surface area contributed by atoms with Crippen LogP contribution in [-0.4, -0.2) is 46.1 Å². The first-order valence-corrected chi connectivity index (χ1v) is 11.0. The van der Waals surface area contributed by atoms with E-state index < -0.39 is 5.91 Å². The van der Waals surface area contributed by atoms with Crippen LogP contribution in [0.25, 0.3) is 22.4 Å². The minimum Gasteiger partial charge on any atom is -0.366 e. The number of pyridine rings is 1. The van der Waals surface area contributed by atoms with Crippen LogP contribution in [0.3, 0.4) is 0 Å². The van der Waals surface area contributed by atoms with Crippen molar-refractivity contribution in [1.29, 1.82) is 0 Å². The van der Waals surface area contributed by atoms with Crippen LogP contribution < -0.4 is 16.6 Å². The lowest BCUT2D eigenvalue weighted by Gasteiger charge is -2.36. The number of H-pyrrole nitrogens is 1. The van der Waals surface area contributed by atoms with Gasteiger partial charge in [-0.25, -0.2) is 10.1 Å². The number of hydrogen-bond acceptors (Lipinski definition) is 6. The van der Waals surface area contributed by atoms with Crippen LogP contribution in [0.1, 0.15) is 21.8 Å². The molecule has 5 rings (SSSR count). The normalized spacial score (nSPS) is 13.9. The molecule has 0 atom stereocenters. The van der Waals surface area contributed by atoms with Gasteiger partial charge in [0.2, 0.25) is 5.91 Å². The Labute approximate surface area is 196 Å². The van der Waals surface area contributed by atoms with Crippen molar-refractivity contribution in [3.8, 4) is 22.4 Å². The number of benzene rings is 2. The second kappa shape index (κ2) is 8.92. The van der Waals surface area contributed by atoms with Gasteiger partial charge in [-0.2, -0.15) is 5.10 Å². The Balaban J connectivity index is 1.62. The molecule has 0 spiro atoms. The maximum Gasteiger partial charge on any atom is 0.264 e. The van der Waals surface area contributed by atoms with Gasteiger partial charge >= 0.3 is 0 Å². The highest BCUT2D eigenvalue weighted by Crippen LogP contribution is 2.40. The molecule has 4 aromatic rings. The van der Waals surface area contributed by atoms with Crippen molar-refractivity contribution < 1.29 is 4.79 Å². The molecule has 1 saturated heterocycles. The van der Waals surface area contributed by atoms with Gasteiger partial charge in [-0.3, -0.25) is 9.59 Å². The zero-order valence-electron chi connectivity index (χ0n) is 18.7. The second-order valence-electron chi connectivity index (χ2n) is 8.47. The van der Waals surface area contributed by atoms with E-state index in [2.05, 4.69) is 38.5 Å². The maximum absolute atomic E-state index is 12.4. The summed E-state index contributed by atoms with van der Waals surface area (Å²) in [5.41, 5.74) is 10.3. The first-order valence-electron chi connectivity index (χ1n) is 11.0. The van der Waals surface area contributed by atoms with E-state index in [0.29, 0.717) is 39.8 Å². The van der Waals surface area contributed by atoms with Gasteiger partial charge in [0.1, 0.15) is 5.82 Å². The number of amides is 1. The lowest BCUT2D eigenvalue weighted by Crippen LogP contribution is -2.41. The number of primary amides is 1. The summed E-state index contributed by atoms with van der Waals surface area (Å²) in [6, 6.07) is 20.0. The summed E-state index contributed by atoms with van der Waals surface area (Å²) in [7, 11) is 2.10. The Morgan fingerprint density at radius 1 is 1.03 bits per heavy atom. The molecule has 1 aliphatic rings. The second-order valence-corrected chi connectivity index (χ2v) is 8.47. The molecule has 34 heavy (non-hydrogen) atoms. The standard InChI is InChI=1S/C26H24N6O2/c1-32-14-18(15-32)17-7-11-22(28-13-17)29-20-9-8-19(26(27)34)24(16-5-3-2-4-6-16)25(20)21-10-12-23(33)31-30-21/h2-13,18H,14-15H2,1H3,(H2,27,34)(H,28,29)(H,31,33). The van der Waals surface area contributed by atoms with Gasteiger partial charge in [-0.15, -0.1) is 0 Å². The number of aromatic nitrogens is 3. The molecule has 0 aliphatic carbocycles. The van der Waals surface area contributed by atoms with E-state index in [1.54, 1.807) is 18.2 Å². The zero-order chi connectivity index (χ0) is 23.7. The van der Waals surface area contributed by atoms with Gasteiger partial charge in [0, 0.05) is 53.6 Å². The number of nitrogens with zero attached hydrogens (tertiary/aromatic N) is 3. The molecule has 0 bridgehead atoms. The van der Waals surface area contributed by atoms with Crippen molar-refractivity contribution in [2.75, 3.05) is 25.5 Å². The van der Waals surface area contributed by atoms with Crippen molar-refractivity contribution in [2.24, 2.45) is 5.73 Å². The molecule has 2 aromatic carbocycles. The molecule has 3 heterocycles. The molecule has 0 unspecified atom stereocenters. The molecule has 2 aromatic heterocycles. The van der Waals surface area contributed by atoms with Crippen molar-refractivity contribution in [1.82, 2.24) is 20.1 Å². The molecule has 0 radical (unpaired) electrons. The first-order chi connectivity index (χ1) is 16.5. The van der Waals surface area contributed by atoms with Gasteiger partial charge in [0.05, 0.1) is 5.69 Å². The number of carbonyl (C=O) groups is 1. The smallest absolute Gasteiger partial charge is 0.264 e. The number of carbonyl (C=O) groups excluding carboxylic acids is 1. The van der Waals surface area contributed by atoms with Crippen molar-refractivity contribution in [3.05, 3.63) is 94.4 Å². The maximum atomic E-state index is 12.4. The van der Waals surface area contributed by atoms with Crippen LogP contribution >= 0.6 is 0 Å². The number of hydrogen-bond donors (Lipinski definition) is 3. The molecule has 170 valence electrons. The minimum atomic E-state index is -0.552. The Kier molecular flexibility index (Phi) is 5.65. The van der Waals surface area contributed by atoms with E-state index in [1.807, 2.05) is 42.6 Å². The van der Waals surface area contributed by atoms with E-state index in [0.717, 1.165) is 18.7 Å². The third-order valence-electron chi connectivity index (χ3n) is 6.05. The van der Waals surface area contributed by atoms with Crippen LogP contribution in [0.5, 0.6) is 0 Å². The van der Waals surface area contributed by atoms with Crippen LogP contribution in [0, 0.1) is 0 Å². The topological polar surface area (TPSA) is 117 Å². The Bertz CT molecular complexity index is 1370. The number of likely N-dealkylation sites (tertiary alicyclic amines) is 1. The van der Waals surface area contributed by atoms with E-state index >= 15 is 0 Å². The summed E-state index contributed by atoms with van der Waals surface area (Å²) in [4.78, 5) is 30.9. The Morgan fingerprint density at radius 2 is 1.82 bits per heavy atom. The number of anilines is 2. The number of nitrogens with one attached hydrogen (secondary N) is 2. The zero-order valence-corrected chi connectivity index (χ0v) is 18.7. The summed E-state index contributed by atoms with van der Waals surface area (Å²) in [5.74, 6) is 0.615. The summed E-state index contributed by atoms with van der Waals surface area (Å²) in [6.07, 6.45) is 1.90. The molecule has 4 N–H and O–H groups in total. The monoisotopic (exact) mass is 452 g/mol. The van der Waals surface area contributed by atoms with E-state index in [4.69, 9.17) is 5.73 Å². The van der Waals surface area contributed by atoms with Crippen LogP contribution in [0.2, 0.25) is 0 Å². The molecule has 1 fully saturated rings. The van der Waals surface area contributed by atoms with Crippen molar-refractivity contribution in [2.45, 2.75) is 5.92 Å². The van der Waals surface area contributed by atoms with Gasteiger partial charge < -0.3 is 16.0 Å². The van der Waals surface area contributed by atoms with Gasteiger partial charge in [0.25, 0.3) is 5.56 Å². The number of rotatable bonds is 6. The predicted molar refractivity (Wildman–Crippen MR) is 132 cm³/mol. The molecule has 0 saturated carbocycles. The van der Waals surface area contributed by atoms with E-state index in [-0.39, 0.29) is 5.56 Å². The van der Waals surface area contributed by atoms with E-state index in [1.165, 1.54) is 11.6 Å². The van der Waals surface area contributed by atoms with Gasteiger partial charge in [-0.05, 0) is 42.4 Å². The summed E-state index contributed by atoms with van der Waals surface area (Å²) in [5, 5.41) is 10.1. The summed E-state index contributed by atoms with van der Waals surface area (Å²) in [6.45, 7) is 2.07.